The molecule has 15 heavy (non-hydrogen) atoms. The molecule has 0 spiro atoms. The Morgan fingerprint density at radius 1 is 1.73 bits per heavy atom. The number of rotatable bonds is 4. The molecular weight excluding hydrogens is 238 g/mol. The molecule has 1 N–H and O–H groups in total. The van der Waals surface area contributed by atoms with Gasteiger partial charge in [-0.3, -0.25) is 4.79 Å². The van der Waals surface area contributed by atoms with Crippen LogP contribution in [0.15, 0.2) is 11.2 Å². The molecule has 82 valence electrons. The third kappa shape index (κ3) is 3.56. The van der Waals surface area contributed by atoms with Crippen LogP contribution in [0.3, 0.4) is 0 Å². The van der Waals surface area contributed by atoms with Crippen molar-refractivity contribution in [1.82, 2.24) is 9.97 Å². The summed E-state index contributed by atoms with van der Waals surface area (Å²) in [6.45, 7) is 0. The van der Waals surface area contributed by atoms with E-state index in [9.17, 15) is 4.79 Å². The van der Waals surface area contributed by atoms with E-state index < -0.39 is 0 Å². The number of anilines is 1. The molecule has 0 bridgehead atoms. The molecule has 0 saturated carbocycles. The minimum absolute atomic E-state index is 0.177. The number of thioether (sulfide) groups is 1. The van der Waals surface area contributed by atoms with Crippen LogP contribution in [0.25, 0.3) is 0 Å². The predicted molar refractivity (Wildman–Crippen MR) is 59.3 cm³/mol. The van der Waals surface area contributed by atoms with Crippen LogP contribution in [-0.4, -0.2) is 35.8 Å². The van der Waals surface area contributed by atoms with E-state index in [-0.39, 0.29) is 11.7 Å². The van der Waals surface area contributed by atoms with Crippen molar-refractivity contribution in [2.75, 3.05) is 25.2 Å². The number of nitrogens with zero attached hydrogens (tertiary/aromatic N) is 2. The number of hydrogen-bond donors (Lipinski definition) is 1. The zero-order valence-corrected chi connectivity index (χ0v) is 9.85. The van der Waals surface area contributed by atoms with E-state index in [1.807, 2.05) is 0 Å². The van der Waals surface area contributed by atoms with Crippen molar-refractivity contribution in [1.29, 1.82) is 0 Å². The molecule has 1 rings (SSSR count). The summed E-state index contributed by atoms with van der Waals surface area (Å²) < 4.78 is 4.51. The minimum atomic E-state index is -0.319. The van der Waals surface area contributed by atoms with Crippen LogP contribution in [0, 0.1) is 0 Å². The number of esters is 1. The molecular formula is C8H10ClN3O2S. The van der Waals surface area contributed by atoms with Gasteiger partial charge < -0.3 is 10.1 Å². The molecule has 0 saturated heterocycles. The van der Waals surface area contributed by atoms with Gasteiger partial charge in [-0.15, -0.1) is 0 Å². The second kappa shape index (κ2) is 5.77. The normalized spacial score (nSPS) is 9.80. The molecule has 0 radical (unpaired) electrons. The maximum absolute atomic E-state index is 10.9. The van der Waals surface area contributed by atoms with E-state index in [4.69, 9.17) is 11.6 Å². The Labute approximate surface area is 96.6 Å². The Morgan fingerprint density at radius 2 is 2.47 bits per heavy atom. The van der Waals surface area contributed by atoms with Gasteiger partial charge in [-0.1, -0.05) is 23.4 Å². The molecule has 5 nitrogen and oxygen atoms in total. The highest BCUT2D eigenvalue weighted by Crippen LogP contribution is 2.25. The standard InChI is InChI=1S/C8H10ClN3O2S/c1-10-8-11-3-5(9)7(12-8)15-4-6(13)14-2/h3H,4H2,1-2H3,(H,10,11,12). The van der Waals surface area contributed by atoms with Gasteiger partial charge in [0, 0.05) is 7.05 Å². The summed E-state index contributed by atoms with van der Waals surface area (Å²) >= 11 is 7.07. The van der Waals surface area contributed by atoms with Crippen LogP contribution < -0.4 is 5.32 Å². The molecule has 1 aromatic rings. The third-order valence-electron chi connectivity index (χ3n) is 1.49. The van der Waals surface area contributed by atoms with Crippen LogP contribution in [0.5, 0.6) is 0 Å². The van der Waals surface area contributed by atoms with Crippen molar-refractivity contribution in [2.45, 2.75) is 5.03 Å². The highest BCUT2D eigenvalue weighted by Gasteiger charge is 2.08. The Morgan fingerprint density at radius 3 is 3.07 bits per heavy atom. The molecule has 0 amide bonds. The minimum Gasteiger partial charge on any atom is -0.468 e. The highest BCUT2D eigenvalue weighted by molar-refractivity contribution is 8.00. The van der Waals surface area contributed by atoms with Crippen molar-refractivity contribution in [3.63, 3.8) is 0 Å². The molecule has 0 aromatic carbocycles. The number of carbonyl (C=O) groups is 1. The number of methoxy groups -OCH3 is 1. The van der Waals surface area contributed by atoms with Crippen molar-refractivity contribution in [3.8, 4) is 0 Å². The predicted octanol–water partition coefficient (Wildman–Crippen LogP) is 1.44. The first-order valence-corrected chi connectivity index (χ1v) is 5.43. The Hall–Kier alpha value is -1.01. The van der Waals surface area contributed by atoms with Crippen molar-refractivity contribution < 1.29 is 9.53 Å². The van der Waals surface area contributed by atoms with Crippen LogP contribution in [0.4, 0.5) is 5.95 Å². The van der Waals surface area contributed by atoms with Gasteiger partial charge in [0.05, 0.1) is 24.1 Å². The summed E-state index contributed by atoms with van der Waals surface area (Å²) in [6.07, 6.45) is 1.49. The molecule has 0 aliphatic rings. The number of ether oxygens (including phenoxy) is 1. The van der Waals surface area contributed by atoms with E-state index in [0.717, 1.165) is 0 Å². The molecule has 1 aromatic heterocycles. The summed E-state index contributed by atoms with van der Waals surface area (Å²) in [6, 6.07) is 0. The lowest BCUT2D eigenvalue weighted by Gasteiger charge is -2.04. The summed E-state index contributed by atoms with van der Waals surface area (Å²) in [5.74, 6) is 0.323. The second-order valence-corrected chi connectivity index (χ2v) is 3.83. The van der Waals surface area contributed by atoms with Crippen molar-refractivity contribution in [3.05, 3.63) is 11.2 Å². The number of hydrogen-bond acceptors (Lipinski definition) is 6. The fourth-order valence-corrected chi connectivity index (χ4v) is 1.73. The molecule has 0 unspecified atom stereocenters. The third-order valence-corrected chi connectivity index (χ3v) is 2.84. The maximum Gasteiger partial charge on any atom is 0.316 e. The quantitative estimate of drug-likeness (QED) is 0.493. The number of carbonyl (C=O) groups excluding carboxylic acids is 1. The largest absolute Gasteiger partial charge is 0.468 e. The lowest BCUT2D eigenvalue weighted by Crippen LogP contribution is -2.04. The average Bonchev–Trinajstić information content (AvgIpc) is 2.27. The van der Waals surface area contributed by atoms with Gasteiger partial charge in [0.15, 0.2) is 0 Å². The van der Waals surface area contributed by atoms with Crippen LogP contribution in [0.1, 0.15) is 0 Å². The lowest BCUT2D eigenvalue weighted by molar-refractivity contribution is -0.137. The molecule has 0 fully saturated rings. The van der Waals surface area contributed by atoms with Crippen LogP contribution in [0.2, 0.25) is 5.02 Å². The SMILES string of the molecule is CNc1ncc(Cl)c(SCC(=O)OC)n1. The number of halogens is 1. The Balaban J connectivity index is 2.70. The van der Waals surface area contributed by atoms with Gasteiger partial charge in [-0.25, -0.2) is 9.97 Å². The van der Waals surface area contributed by atoms with Crippen LogP contribution in [-0.2, 0) is 9.53 Å². The fraction of sp³-hybridized carbons (Fsp3) is 0.375. The van der Waals surface area contributed by atoms with Gasteiger partial charge in [0.2, 0.25) is 5.95 Å². The van der Waals surface area contributed by atoms with Crippen LogP contribution >= 0.6 is 23.4 Å². The summed E-state index contributed by atoms with van der Waals surface area (Å²) in [5, 5.41) is 3.76. The number of aromatic nitrogens is 2. The fourth-order valence-electron chi connectivity index (χ4n) is 0.759. The van der Waals surface area contributed by atoms with Crippen molar-refractivity contribution >= 4 is 35.3 Å². The summed E-state index contributed by atoms with van der Waals surface area (Å²) in [5.41, 5.74) is 0. The molecule has 0 aliphatic heterocycles. The van der Waals surface area contributed by atoms with Gasteiger partial charge in [0.1, 0.15) is 5.03 Å². The average molecular weight is 248 g/mol. The highest BCUT2D eigenvalue weighted by atomic mass is 35.5. The topological polar surface area (TPSA) is 64.1 Å². The maximum atomic E-state index is 10.9. The molecule has 7 heteroatoms. The lowest BCUT2D eigenvalue weighted by atomic mass is 10.6. The van der Waals surface area contributed by atoms with E-state index in [2.05, 4.69) is 20.0 Å². The van der Waals surface area contributed by atoms with Gasteiger partial charge >= 0.3 is 5.97 Å². The Bertz CT molecular complexity index is 362. The summed E-state index contributed by atoms with van der Waals surface area (Å²) in [7, 11) is 3.04. The van der Waals surface area contributed by atoms with Gasteiger partial charge in [-0.2, -0.15) is 0 Å². The van der Waals surface area contributed by atoms with E-state index >= 15 is 0 Å². The Kier molecular flexibility index (Phi) is 4.64. The zero-order chi connectivity index (χ0) is 11.3. The zero-order valence-electron chi connectivity index (χ0n) is 8.28. The van der Waals surface area contributed by atoms with E-state index in [1.165, 1.54) is 25.1 Å². The van der Waals surface area contributed by atoms with Gasteiger partial charge in [0.25, 0.3) is 0 Å². The van der Waals surface area contributed by atoms with E-state index in [0.29, 0.717) is 16.0 Å². The second-order valence-electron chi connectivity index (χ2n) is 2.46. The molecule has 0 atom stereocenters. The van der Waals surface area contributed by atoms with E-state index in [1.54, 1.807) is 7.05 Å². The monoisotopic (exact) mass is 247 g/mol. The number of nitrogens with one attached hydrogen (secondary N) is 1. The first kappa shape index (κ1) is 12.1. The summed E-state index contributed by atoms with van der Waals surface area (Å²) in [4.78, 5) is 18.9. The molecule has 0 aliphatic carbocycles. The first-order valence-electron chi connectivity index (χ1n) is 4.07. The van der Waals surface area contributed by atoms with Gasteiger partial charge in [-0.05, 0) is 0 Å². The first-order chi connectivity index (χ1) is 7.17. The van der Waals surface area contributed by atoms with Crippen molar-refractivity contribution in [2.24, 2.45) is 0 Å². The smallest absolute Gasteiger partial charge is 0.316 e. The molecule has 1 heterocycles.